The normalized spacial score (nSPS) is 16.9. The minimum atomic E-state index is -4.77. The highest BCUT2D eigenvalue weighted by molar-refractivity contribution is 7.22. The predicted octanol–water partition coefficient (Wildman–Crippen LogP) is 5.02. The van der Waals surface area contributed by atoms with Gasteiger partial charge in [-0.1, -0.05) is 29.5 Å². The van der Waals surface area contributed by atoms with Crippen LogP contribution in [0.4, 0.5) is 18.3 Å². The fourth-order valence-electron chi connectivity index (χ4n) is 3.18. The van der Waals surface area contributed by atoms with Crippen molar-refractivity contribution in [2.75, 3.05) is 18.1 Å². The molecule has 3 aromatic rings. The summed E-state index contributed by atoms with van der Waals surface area (Å²) >= 11 is 1.14. The number of ether oxygens (including phenoxy) is 2. The molecule has 0 bridgehead atoms. The number of carbonyl (C=O) groups excluding carboxylic acids is 1. The van der Waals surface area contributed by atoms with Crippen LogP contribution in [-0.2, 0) is 4.74 Å². The smallest absolute Gasteiger partial charge is 0.406 e. The summed E-state index contributed by atoms with van der Waals surface area (Å²) in [5.74, 6) is -0.549. The summed E-state index contributed by atoms with van der Waals surface area (Å²) in [5, 5.41) is 0.411. The second kappa shape index (κ2) is 8.00. The van der Waals surface area contributed by atoms with E-state index in [-0.39, 0.29) is 17.8 Å². The zero-order valence-corrected chi connectivity index (χ0v) is 16.0. The Morgan fingerprint density at radius 3 is 2.72 bits per heavy atom. The molecule has 1 unspecified atom stereocenters. The molecule has 29 heavy (non-hydrogen) atoms. The number of amides is 1. The summed E-state index contributed by atoms with van der Waals surface area (Å²) in [6, 6.07) is 12.7. The van der Waals surface area contributed by atoms with E-state index in [1.54, 1.807) is 29.2 Å². The number of carbonyl (C=O) groups is 1. The summed E-state index contributed by atoms with van der Waals surface area (Å²) in [6.45, 7) is 0.982. The number of benzene rings is 2. The maximum absolute atomic E-state index is 13.1. The molecule has 0 spiro atoms. The Hall–Kier alpha value is -2.65. The molecule has 4 rings (SSSR count). The Labute approximate surface area is 168 Å². The number of anilines is 1. The molecule has 1 amide bonds. The number of hydrogen-bond donors (Lipinski definition) is 0. The molecule has 0 radical (unpaired) electrons. The van der Waals surface area contributed by atoms with Crippen molar-refractivity contribution < 1.29 is 27.4 Å². The third-order valence-corrected chi connectivity index (χ3v) is 5.53. The zero-order valence-electron chi connectivity index (χ0n) is 15.2. The van der Waals surface area contributed by atoms with Gasteiger partial charge in [-0.2, -0.15) is 0 Å². The summed E-state index contributed by atoms with van der Waals surface area (Å²) < 4.78 is 47.6. The Morgan fingerprint density at radius 1 is 1.24 bits per heavy atom. The van der Waals surface area contributed by atoms with E-state index in [2.05, 4.69) is 9.72 Å². The lowest BCUT2D eigenvalue weighted by atomic mass is 10.2. The van der Waals surface area contributed by atoms with Gasteiger partial charge in [0.25, 0.3) is 5.91 Å². The first-order valence-electron chi connectivity index (χ1n) is 9.04. The molecular formula is C20H17F3N2O3S. The maximum atomic E-state index is 13.1. The molecular weight excluding hydrogens is 405 g/mol. The van der Waals surface area contributed by atoms with Crippen molar-refractivity contribution in [1.82, 2.24) is 4.98 Å². The molecule has 1 fully saturated rings. The highest BCUT2D eigenvalue weighted by atomic mass is 32.1. The van der Waals surface area contributed by atoms with Crippen molar-refractivity contribution in [3.05, 3.63) is 54.1 Å². The largest absolute Gasteiger partial charge is 0.573 e. The molecule has 0 N–H and O–H groups in total. The van der Waals surface area contributed by atoms with Crippen molar-refractivity contribution in [1.29, 1.82) is 0 Å². The van der Waals surface area contributed by atoms with Crippen LogP contribution >= 0.6 is 11.3 Å². The fourth-order valence-corrected chi connectivity index (χ4v) is 4.18. The third-order valence-electron chi connectivity index (χ3n) is 4.49. The van der Waals surface area contributed by atoms with E-state index < -0.39 is 6.36 Å². The van der Waals surface area contributed by atoms with Gasteiger partial charge >= 0.3 is 6.36 Å². The number of nitrogens with zero attached hydrogens (tertiary/aromatic N) is 2. The lowest BCUT2D eigenvalue weighted by Crippen LogP contribution is -2.37. The van der Waals surface area contributed by atoms with Crippen molar-refractivity contribution >= 4 is 32.6 Å². The summed E-state index contributed by atoms with van der Waals surface area (Å²) in [7, 11) is 0. The molecule has 1 aliphatic rings. The molecule has 9 heteroatoms. The van der Waals surface area contributed by atoms with Gasteiger partial charge in [0, 0.05) is 18.2 Å². The lowest BCUT2D eigenvalue weighted by molar-refractivity contribution is -0.274. The zero-order chi connectivity index (χ0) is 20.4. The van der Waals surface area contributed by atoms with Gasteiger partial charge in [-0.25, -0.2) is 4.98 Å². The first kappa shape index (κ1) is 19.7. The van der Waals surface area contributed by atoms with Crippen molar-refractivity contribution in [3.8, 4) is 5.75 Å². The van der Waals surface area contributed by atoms with Crippen LogP contribution in [0.1, 0.15) is 23.2 Å². The maximum Gasteiger partial charge on any atom is 0.573 e. The van der Waals surface area contributed by atoms with Gasteiger partial charge in [-0.05, 0) is 37.1 Å². The molecule has 152 valence electrons. The van der Waals surface area contributed by atoms with E-state index in [1.807, 2.05) is 6.07 Å². The first-order chi connectivity index (χ1) is 13.9. The van der Waals surface area contributed by atoms with E-state index in [9.17, 15) is 18.0 Å². The Bertz CT molecular complexity index is 1000. The third kappa shape index (κ3) is 4.68. The average molecular weight is 422 g/mol. The number of hydrogen-bond acceptors (Lipinski definition) is 5. The second-order valence-corrected chi connectivity index (χ2v) is 7.60. The molecule has 1 saturated heterocycles. The van der Waals surface area contributed by atoms with Crippen LogP contribution in [0.3, 0.4) is 0 Å². The van der Waals surface area contributed by atoms with E-state index >= 15 is 0 Å². The van der Waals surface area contributed by atoms with Crippen molar-refractivity contribution in [2.45, 2.75) is 25.3 Å². The van der Waals surface area contributed by atoms with Crippen LogP contribution in [0.25, 0.3) is 10.2 Å². The Kier molecular flexibility index (Phi) is 5.42. The molecule has 0 aliphatic carbocycles. The van der Waals surface area contributed by atoms with Crippen molar-refractivity contribution in [2.24, 2.45) is 0 Å². The van der Waals surface area contributed by atoms with Crippen LogP contribution in [0, 0.1) is 0 Å². The number of rotatable bonds is 5. The molecule has 2 heterocycles. The second-order valence-electron chi connectivity index (χ2n) is 6.59. The van der Waals surface area contributed by atoms with Gasteiger partial charge < -0.3 is 9.47 Å². The van der Waals surface area contributed by atoms with Gasteiger partial charge in [0.05, 0.1) is 22.9 Å². The molecule has 1 atom stereocenters. The van der Waals surface area contributed by atoms with Gasteiger partial charge in [-0.3, -0.25) is 9.69 Å². The summed E-state index contributed by atoms with van der Waals surface area (Å²) in [5.41, 5.74) is 1.00. The number of halogens is 3. The van der Waals surface area contributed by atoms with Crippen LogP contribution in [0.5, 0.6) is 5.75 Å². The number of thiazole rings is 1. The topological polar surface area (TPSA) is 51.7 Å². The Balaban J connectivity index is 1.67. The predicted molar refractivity (Wildman–Crippen MR) is 103 cm³/mol. The monoisotopic (exact) mass is 422 g/mol. The van der Waals surface area contributed by atoms with Crippen LogP contribution < -0.4 is 9.64 Å². The average Bonchev–Trinajstić information content (AvgIpc) is 3.34. The highest BCUT2D eigenvalue weighted by Crippen LogP contribution is 2.34. The highest BCUT2D eigenvalue weighted by Gasteiger charge is 2.31. The standard InChI is InChI=1S/C20H17F3N2O3S/c21-20(22,23)28-14-8-9-16-17(11-14)29-19(24-16)25(12-15-7-4-10-27-15)18(26)13-5-2-1-3-6-13/h1-3,5-6,8-9,11,15H,4,7,10,12H2. The molecule has 0 saturated carbocycles. The van der Waals surface area contributed by atoms with Gasteiger partial charge in [0.2, 0.25) is 0 Å². The van der Waals surface area contributed by atoms with Crippen LogP contribution in [-0.4, -0.2) is 36.5 Å². The molecule has 1 aliphatic heterocycles. The van der Waals surface area contributed by atoms with E-state index in [0.717, 1.165) is 24.2 Å². The quantitative estimate of drug-likeness (QED) is 0.579. The minimum absolute atomic E-state index is 0.0983. The van der Waals surface area contributed by atoms with Crippen LogP contribution in [0.2, 0.25) is 0 Å². The van der Waals surface area contributed by atoms with Gasteiger partial charge in [-0.15, -0.1) is 13.2 Å². The lowest BCUT2D eigenvalue weighted by Gasteiger charge is -2.23. The number of aromatic nitrogens is 1. The van der Waals surface area contributed by atoms with E-state index in [0.29, 0.717) is 34.1 Å². The van der Waals surface area contributed by atoms with Crippen molar-refractivity contribution in [3.63, 3.8) is 0 Å². The number of fused-ring (bicyclic) bond motifs is 1. The number of alkyl halides is 3. The molecule has 1 aromatic heterocycles. The van der Waals surface area contributed by atoms with Crippen LogP contribution in [0.15, 0.2) is 48.5 Å². The van der Waals surface area contributed by atoms with E-state index in [1.165, 1.54) is 18.2 Å². The summed E-state index contributed by atoms with van der Waals surface area (Å²) in [6.07, 6.45) is -3.10. The summed E-state index contributed by atoms with van der Waals surface area (Å²) in [4.78, 5) is 19.1. The first-order valence-corrected chi connectivity index (χ1v) is 9.85. The van der Waals surface area contributed by atoms with Gasteiger partial charge in [0.1, 0.15) is 5.75 Å². The molecule has 2 aromatic carbocycles. The SMILES string of the molecule is O=C(c1ccccc1)N(CC1CCCO1)c1nc2ccc(OC(F)(F)F)cc2s1. The van der Waals surface area contributed by atoms with Gasteiger partial charge in [0.15, 0.2) is 5.13 Å². The van der Waals surface area contributed by atoms with E-state index in [4.69, 9.17) is 4.74 Å². The molecule has 5 nitrogen and oxygen atoms in total. The minimum Gasteiger partial charge on any atom is -0.406 e. The Morgan fingerprint density at radius 2 is 2.03 bits per heavy atom. The fraction of sp³-hybridized carbons (Fsp3) is 0.300.